The monoisotopic (exact) mass is 190 g/mol. The quantitative estimate of drug-likeness (QED) is 0.699. The van der Waals surface area contributed by atoms with Crippen LogP contribution < -0.4 is 10.9 Å². The third kappa shape index (κ3) is 2.62. The molecular formula is C8H9F3N2. The topological polar surface area (TPSA) is 24.1 Å². The van der Waals surface area contributed by atoms with Crippen molar-refractivity contribution in [1.29, 1.82) is 0 Å². The normalized spacial score (nSPS) is 11.4. The van der Waals surface area contributed by atoms with Crippen molar-refractivity contribution in [1.82, 2.24) is 5.43 Å². The van der Waals surface area contributed by atoms with Crippen LogP contribution in [0.4, 0.5) is 18.9 Å². The van der Waals surface area contributed by atoms with Gasteiger partial charge in [-0.1, -0.05) is 0 Å². The summed E-state index contributed by atoms with van der Waals surface area (Å²) in [5.41, 5.74) is 5.23. The smallest absolute Gasteiger partial charge is 0.322 e. The lowest BCUT2D eigenvalue weighted by molar-refractivity contribution is -0.137. The molecule has 0 bridgehead atoms. The fraction of sp³-hybridized carbons (Fsp3) is 0.250. The molecular weight excluding hydrogens is 181 g/mol. The van der Waals surface area contributed by atoms with Crippen LogP contribution >= 0.6 is 0 Å². The van der Waals surface area contributed by atoms with E-state index in [-0.39, 0.29) is 0 Å². The van der Waals surface area contributed by atoms with Gasteiger partial charge in [0.1, 0.15) is 0 Å². The van der Waals surface area contributed by atoms with Crippen molar-refractivity contribution >= 4 is 5.69 Å². The predicted octanol–water partition coefficient (Wildman–Crippen LogP) is 2.25. The van der Waals surface area contributed by atoms with E-state index in [0.29, 0.717) is 5.69 Å². The van der Waals surface area contributed by atoms with Crippen molar-refractivity contribution in [3.8, 4) is 0 Å². The van der Waals surface area contributed by atoms with Gasteiger partial charge in [0, 0.05) is 12.7 Å². The zero-order valence-corrected chi connectivity index (χ0v) is 6.94. The van der Waals surface area contributed by atoms with Crippen LogP contribution in [0.1, 0.15) is 5.56 Å². The molecule has 0 radical (unpaired) electrons. The summed E-state index contributed by atoms with van der Waals surface area (Å²) >= 11 is 0. The van der Waals surface area contributed by atoms with Gasteiger partial charge in [-0.25, -0.2) is 5.43 Å². The molecule has 0 aromatic heterocycles. The van der Waals surface area contributed by atoms with Gasteiger partial charge in [0.2, 0.25) is 0 Å². The second kappa shape index (κ2) is 3.66. The number of benzene rings is 1. The number of hydrogen-bond acceptors (Lipinski definition) is 2. The maximum atomic E-state index is 12.1. The van der Waals surface area contributed by atoms with Crippen molar-refractivity contribution < 1.29 is 13.2 Å². The lowest BCUT2D eigenvalue weighted by Gasteiger charge is -2.08. The Labute approximate surface area is 73.7 Å². The number of hydrazine groups is 1. The molecule has 0 aliphatic rings. The van der Waals surface area contributed by atoms with Crippen LogP contribution in [0.5, 0.6) is 0 Å². The molecule has 0 atom stereocenters. The van der Waals surface area contributed by atoms with Crippen LogP contribution in [-0.4, -0.2) is 7.05 Å². The fourth-order valence-electron chi connectivity index (χ4n) is 0.887. The van der Waals surface area contributed by atoms with Gasteiger partial charge in [0.15, 0.2) is 0 Å². The fourth-order valence-corrected chi connectivity index (χ4v) is 0.887. The number of hydrogen-bond donors (Lipinski definition) is 2. The van der Waals surface area contributed by atoms with E-state index in [1.807, 2.05) is 0 Å². The molecule has 2 N–H and O–H groups in total. The summed E-state index contributed by atoms with van der Waals surface area (Å²) in [7, 11) is 1.64. The second-order valence-corrected chi connectivity index (χ2v) is 2.45. The van der Waals surface area contributed by atoms with E-state index in [0.717, 1.165) is 12.1 Å². The van der Waals surface area contributed by atoms with E-state index < -0.39 is 11.7 Å². The maximum absolute atomic E-state index is 12.1. The van der Waals surface area contributed by atoms with Crippen molar-refractivity contribution in [2.75, 3.05) is 12.5 Å². The third-order valence-corrected chi connectivity index (χ3v) is 1.48. The molecule has 13 heavy (non-hydrogen) atoms. The first kappa shape index (κ1) is 9.85. The Morgan fingerprint density at radius 2 is 1.62 bits per heavy atom. The first-order valence-electron chi connectivity index (χ1n) is 3.64. The van der Waals surface area contributed by atoms with Crippen molar-refractivity contribution in [2.45, 2.75) is 6.18 Å². The Kier molecular flexibility index (Phi) is 2.77. The highest BCUT2D eigenvalue weighted by atomic mass is 19.4. The highest BCUT2D eigenvalue weighted by Crippen LogP contribution is 2.29. The molecule has 1 aromatic carbocycles. The van der Waals surface area contributed by atoms with Gasteiger partial charge in [-0.2, -0.15) is 13.2 Å². The largest absolute Gasteiger partial charge is 0.416 e. The van der Waals surface area contributed by atoms with Gasteiger partial charge in [-0.3, -0.25) is 0 Å². The van der Waals surface area contributed by atoms with Crippen LogP contribution in [-0.2, 0) is 6.18 Å². The maximum Gasteiger partial charge on any atom is 0.416 e. The van der Waals surface area contributed by atoms with Gasteiger partial charge < -0.3 is 5.43 Å². The van der Waals surface area contributed by atoms with E-state index in [4.69, 9.17) is 0 Å². The molecule has 72 valence electrons. The zero-order valence-electron chi connectivity index (χ0n) is 6.94. The molecule has 0 heterocycles. The number of alkyl halides is 3. The van der Waals surface area contributed by atoms with E-state index >= 15 is 0 Å². The van der Waals surface area contributed by atoms with E-state index in [1.165, 1.54) is 12.1 Å². The molecule has 0 spiro atoms. The van der Waals surface area contributed by atoms with Crippen LogP contribution in [0.25, 0.3) is 0 Å². The molecule has 0 saturated carbocycles. The molecule has 1 rings (SSSR count). The van der Waals surface area contributed by atoms with Gasteiger partial charge in [0.25, 0.3) is 0 Å². The SMILES string of the molecule is CNNc1ccc(C(F)(F)F)cc1. The van der Waals surface area contributed by atoms with Crippen molar-refractivity contribution in [3.05, 3.63) is 29.8 Å². The minimum atomic E-state index is -4.27. The Morgan fingerprint density at radius 1 is 1.08 bits per heavy atom. The molecule has 0 unspecified atom stereocenters. The summed E-state index contributed by atoms with van der Waals surface area (Å²) in [5.74, 6) is 0. The van der Waals surface area contributed by atoms with Crippen LogP contribution in [0, 0.1) is 0 Å². The van der Waals surface area contributed by atoms with E-state index in [2.05, 4.69) is 10.9 Å². The van der Waals surface area contributed by atoms with Gasteiger partial charge in [0.05, 0.1) is 5.56 Å². The average Bonchev–Trinajstić information content (AvgIpc) is 2.04. The van der Waals surface area contributed by atoms with Crippen molar-refractivity contribution in [2.24, 2.45) is 0 Å². The van der Waals surface area contributed by atoms with Crippen molar-refractivity contribution in [3.63, 3.8) is 0 Å². The van der Waals surface area contributed by atoms with E-state index in [9.17, 15) is 13.2 Å². The molecule has 0 aliphatic carbocycles. The lowest BCUT2D eigenvalue weighted by atomic mass is 10.2. The van der Waals surface area contributed by atoms with Crippen LogP contribution in [0.3, 0.4) is 0 Å². The third-order valence-electron chi connectivity index (χ3n) is 1.48. The Balaban J connectivity index is 2.81. The standard InChI is InChI=1S/C8H9F3N2/c1-12-13-7-4-2-6(3-5-7)8(9,10)11/h2-5,12-13H,1H3. The highest BCUT2D eigenvalue weighted by molar-refractivity contribution is 5.44. The van der Waals surface area contributed by atoms with Gasteiger partial charge in [-0.05, 0) is 24.3 Å². The molecule has 0 saturated heterocycles. The Morgan fingerprint density at radius 3 is 2.00 bits per heavy atom. The molecule has 0 amide bonds. The second-order valence-electron chi connectivity index (χ2n) is 2.45. The molecule has 1 aromatic rings. The summed E-state index contributed by atoms with van der Waals surface area (Å²) in [6.45, 7) is 0. The average molecular weight is 190 g/mol. The summed E-state index contributed by atoms with van der Waals surface area (Å²) < 4.78 is 36.2. The summed E-state index contributed by atoms with van der Waals surface area (Å²) in [6, 6.07) is 4.78. The summed E-state index contributed by atoms with van der Waals surface area (Å²) in [4.78, 5) is 0. The highest BCUT2D eigenvalue weighted by Gasteiger charge is 2.29. The minimum Gasteiger partial charge on any atom is -0.322 e. The first-order chi connectivity index (χ1) is 6.04. The van der Waals surface area contributed by atoms with Crippen LogP contribution in [0.2, 0.25) is 0 Å². The zero-order chi connectivity index (χ0) is 9.90. The number of nitrogens with one attached hydrogen (secondary N) is 2. The minimum absolute atomic E-state index is 0.593. The van der Waals surface area contributed by atoms with E-state index in [1.54, 1.807) is 7.05 Å². The van der Waals surface area contributed by atoms with Gasteiger partial charge >= 0.3 is 6.18 Å². The lowest BCUT2D eigenvalue weighted by Crippen LogP contribution is -2.15. The Bertz CT molecular complexity index is 266. The first-order valence-corrected chi connectivity index (χ1v) is 3.64. The number of halogens is 3. The molecule has 2 nitrogen and oxygen atoms in total. The molecule has 0 fully saturated rings. The molecule has 0 aliphatic heterocycles. The summed E-state index contributed by atoms with van der Waals surface area (Å²) in [5, 5.41) is 0. The van der Waals surface area contributed by atoms with Crippen LogP contribution in [0.15, 0.2) is 24.3 Å². The molecule has 5 heteroatoms. The number of anilines is 1. The number of rotatable bonds is 2. The predicted molar refractivity (Wildman–Crippen MR) is 44.1 cm³/mol. The summed E-state index contributed by atoms with van der Waals surface area (Å²) in [6.07, 6.45) is -4.27. The van der Waals surface area contributed by atoms with Gasteiger partial charge in [-0.15, -0.1) is 0 Å². The Hall–Kier alpha value is -1.23.